The average molecular weight is 278 g/mol. The third-order valence-corrected chi connectivity index (χ3v) is 3.33. The van der Waals surface area contributed by atoms with Gasteiger partial charge >= 0.3 is 5.97 Å². The van der Waals surface area contributed by atoms with Crippen molar-refractivity contribution in [3.63, 3.8) is 0 Å². The van der Waals surface area contributed by atoms with Crippen LogP contribution in [0.1, 0.15) is 34.8 Å². The molecule has 7 heteroatoms. The lowest BCUT2D eigenvalue weighted by molar-refractivity contribution is -0.529. The van der Waals surface area contributed by atoms with Crippen LogP contribution >= 0.6 is 0 Å². The number of nitrogens with zero attached hydrogens (tertiary/aromatic N) is 1. The molecular weight excluding hydrogens is 264 g/mol. The van der Waals surface area contributed by atoms with Crippen LogP contribution in [-0.4, -0.2) is 30.0 Å². The van der Waals surface area contributed by atoms with Crippen LogP contribution in [-0.2, 0) is 9.53 Å². The van der Waals surface area contributed by atoms with Gasteiger partial charge in [0.1, 0.15) is 6.04 Å². The van der Waals surface area contributed by atoms with Crippen LogP contribution in [0.15, 0.2) is 24.3 Å². The van der Waals surface area contributed by atoms with Crippen LogP contribution in [0, 0.1) is 10.1 Å². The second kappa shape index (κ2) is 5.68. The Labute approximate surface area is 115 Å². The number of nitrogens with one attached hydrogen (secondary N) is 1. The number of amides is 1. The maximum absolute atomic E-state index is 11.4. The van der Waals surface area contributed by atoms with E-state index in [1.807, 2.05) is 0 Å². The molecule has 0 saturated carbocycles. The zero-order chi connectivity index (χ0) is 14.7. The molecule has 0 spiro atoms. The number of piperidine rings is 1. The molecule has 0 unspecified atom stereocenters. The maximum Gasteiger partial charge on any atom is 0.337 e. The number of hydrogen-bond donors (Lipinski definition) is 1. The second-order valence-electron chi connectivity index (χ2n) is 4.55. The Morgan fingerprint density at radius 1 is 1.40 bits per heavy atom. The number of hydrogen-bond acceptors (Lipinski definition) is 5. The molecule has 1 aliphatic rings. The first-order valence-electron chi connectivity index (χ1n) is 6.14. The summed E-state index contributed by atoms with van der Waals surface area (Å²) in [4.78, 5) is 33.4. The molecule has 1 amide bonds. The standard InChI is InChI=1S/C13H14N2O5/c1-20-13(17)9-4-2-8(3-5-9)12-10(15(18)19)6-7-11(16)14-12/h2-5,10,12H,6-7H2,1H3,(H,14,16)/t10-,12-/m1/s1. The summed E-state index contributed by atoms with van der Waals surface area (Å²) in [6.07, 6.45) is 0.366. The molecule has 1 aromatic rings. The van der Waals surface area contributed by atoms with E-state index in [1.165, 1.54) is 19.2 Å². The second-order valence-corrected chi connectivity index (χ2v) is 4.55. The van der Waals surface area contributed by atoms with Gasteiger partial charge in [0.05, 0.1) is 12.7 Å². The first-order chi connectivity index (χ1) is 9.52. The zero-order valence-electron chi connectivity index (χ0n) is 10.9. The van der Waals surface area contributed by atoms with Crippen LogP contribution in [0.4, 0.5) is 0 Å². The number of esters is 1. The van der Waals surface area contributed by atoms with E-state index in [4.69, 9.17) is 0 Å². The minimum atomic E-state index is -0.850. The number of nitro groups is 1. The Kier molecular flexibility index (Phi) is 3.97. The minimum absolute atomic E-state index is 0.155. The molecule has 2 rings (SSSR count). The summed E-state index contributed by atoms with van der Waals surface area (Å²) in [5.41, 5.74) is 0.962. The number of carbonyl (C=O) groups excluding carboxylic acids is 2. The average Bonchev–Trinajstić information content (AvgIpc) is 2.46. The first kappa shape index (κ1) is 14.0. The number of methoxy groups -OCH3 is 1. The highest BCUT2D eigenvalue weighted by molar-refractivity contribution is 5.89. The molecule has 1 aliphatic heterocycles. The summed E-state index contributed by atoms with van der Waals surface area (Å²) in [5, 5.41) is 13.7. The fourth-order valence-electron chi connectivity index (χ4n) is 2.26. The van der Waals surface area contributed by atoms with Gasteiger partial charge in [-0.2, -0.15) is 0 Å². The quantitative estimate of drug-likeness (QED) is 0.506. The summed E-state index contributed by atoms with van der Waals surface area (Å²) >= 11 is 0. The molecule has 2 atom stereocenters. The lowest BCUT2D eigenvalue weighted by Gasteiger charge is -2.26. The van der Waals surface area contributed by atoms with Crippen molar-refractivity contribution in [1.29, 1.82) is 0 Å². The van der Waals surface area contributed by atoms with Crippen molar-refractivity contribution in [2.24, 2.45) is 0 Å². The summed E-state index contributed by atoms with van der Waals surface area (Å²) in [6, 6.07) is 4.73. The molecule has 1 fully saturated rings. The van der Waals surface area contributed by atoms with E-state index in [0.717, 1.165) is 0 Å². The Balaban J connectivity index is 2.25. The molecule has 7 nitrogen and oxygen atoms in total. The van der Waals surface area contributed by atoms with Gasteiger partial charge in [0.25, 0.3) is 0 Å². The molecule has 20 heavy (non-hydrogen) atoms. The summed E-state index contributed by atoms with van der Waals surface area (Å²) in [5.74, 6) is -0.680. The van der Waals surface area contributed by atoms with E-state index < -0.39 is 18.1 Å². The van der Waals surface area contributed by atoms with Crippen molar-refractivity contribution in [3.8, 4) is 0 Å². The van der Waals surface area contributed by atoms with Crippen molar-refractivity contribution in [2.45, 2.75) is 24.9 Å². The molecule has 1 heterocycles. The van der Waals surface area contributed by atoms with Crippen molar-refractivity contribution >= 4 is 11.9 Å². The van der Waals surface area contributed by atoms with Crippen LogP contribution in [0.5, 0.6) is 0 Å². The highest BCUT2D eigenvalue weighted by atomic mass is 16.6. The third kappa shape index (κ3) is 2.76. The summed E-state index contributed by atoms with van der Waals surface area (Å²) < 4.78 is 4.58. The Morgan fingerprint density at radius 3 is 2.60 bits per heavy atom. The predicted molar refractivity (Wildman–Crippen MR) is 68.7 cm³/mol. The van der Waals surface area contributed by atoms with Crippen molar-refractivity contribution in [2.75, 3.05) is 7.11 Å². The molecular formula is C13H14N2O5. The number of rotatable bonds is 3. The monoisotopic (exact) mass is 278 g/mol. The molecule has 0 bridgehead atoms. The molecule has 0 radical (unpaired) electrons. The van der Waals surface area contributed by atoms with Crippen LogP contribution in [0.2, 0.25) is 0 Å². The number of carbonyl (C=O) groups is 2. The normalized spacial score (nSPS) is 21.9. The highest BCUT2D eigenvalue weighted by Gasteiger charge is 2.38. The molecule has 106 valence electrons. The van der Waals surface area contributed by atoms with E-state index in [9.17, 15) is 19.7 Å². The smallest absolute Gasteiger partial charge is 0.337 e. The van der Waals surface area contributed by atoms with E-state index in [-0.39, 0.29) is 23.7 Å². The lowest BCUT2D eigenvalue weighted by atomic mass is 9.92. The van der Waals surface area contributed by atoms with Gasteiger partial charge in [-0.15, -0.1) is 0 Å². The Bertz CT molecular complexity index is 540. The van der Waals surface area contributed by atoms with E-state index in [0.29, 0.717) is 11.1 Å². The maximum atomic E-state index is 11.4. The van der Waals surface area contributed by atoms with Gasteiger partial charge in [-0.1, -0.05) is 12.1 Å². The van der Waals surface area contributed by atoms with Gasteiger partial charge < -0.3 is 10.1 Å². The van der Waals surface area contributed by atoms with E-state index >= 15 is 0 Å². The Morgan fingerprint density at radius 2 is 2.05 bits per heavy atom. The fourth-order valence-corrected chi connectivity index (χ4v) is 2.26. The minimum Gasteiger partial charge on any atom is -0.465 e. The number of ether oxygens (including phenoxy) is 1. The summed E-state index contributed by atoms with van der Waals surface area (Å²) in [7, 11) is 1.28. The van der Waals surface area contributed by atoms with Gasteiger partial charge in [0.2, 0.25) is 11.9 Å². The topological polar surface area (TPSA) is 98.5 Å². The molecule has 1 N–H and O–H groups in total. The fraction of sp³-hybridized carbons (Fsp3) is 0.385. The van der Waals surface area contributed by atoms with Crippen LogP contribution in [0.3, 0.4) is 0 Å². The van der Waals surface area contributed by atoms with Crippen molar-refractivity contribution in [1.82, 2.24) is 5.32 Å². The molecule has 1 aromatic carbocycles. The van der Waals surface area contributed by atoms with Gasteiger partial charge in [-0.3, -0.25) is 14.9 Å². The van der Waals surface area contributed by atoms with Gasteiger partial charge in [0, 0.05) is 17.8 Å². The SMILES string of the molecule is COC(=O)c1ccc([C@H]2NC(=O)CC[C@H]2[N+](=O)[O-])cc1. The highest BCUT2D eigenvalue weighted by Crippen LogP contribution is 2.26. The third-order valence-electron chi connectivity index (χ3n) is 3.33. The molecule has 0 aliphatic carbocycles. The molecule has 0 aromatic heterocycles. The molecule has 1 saturated heterocycles. The van der Waals surface area contributed by atoms with E-state index in [1.54, 1.807) is 12.1 Å². The van der Waals surface area contributed by atoms with Crippen LogP contribution < -0.4 is 5.32 Å². The van der Waals surface area contributed by atoms with Gasteiger partial charge in [-0.05, 0) is 17.7 Å². The van der Waals surface area contributed by atoms with Crippen LogP contribution in [0.25, 0.3) is 0 Å². The Hall–Kier alpha value is -2.44. The largest absolute Gasteiger partial charge is 0.465 e. The summed E-state index contributed by atoms with van der Waals surface area (Å²) in [6.45, 7) is 0. The van der Waals surface area contributed by atoms with Crippen molar-refractivity contribution in [3.05, 3.63) is 45.5 Å². The number of benzene rings is 1. The lowest BCUT2D eigenvalue weighted by Crippen LogP contribution is -2.45. The van der Waals surface area contributed by atoms with E-state index in [2.05, 4.69) is 10.1 Å². The van der Waals surface area contributed by atoms with Gasteiger partial charge in [0.15, 0.2) is 0 Å². The first-order valence-corrected chi connectivity index (χ1v) is 6.14. The van der Waals surface area contributed by atoms with Gasteiger partial charge in [-0.25, -0.2) is 4.79 Å². The predicted octanol–water partition coefficient (Wildman–Crippen LogP) is 1.07. The van der Waals surface area contributed by atoms with Crippen molar-refractivity contribution < 1.29 is 19.2 Å². The zero-order valence-corrected chi connectivity index (χ0v) is 10.9.